The van der Waals surface area contributed by atoms with Gasteiger partial charge in [-0.2, -0.15) is 0 Å². The second-order valence-electron chi connectivity index (χ2n) is 6.51. The summed E-state index contributed by atoms with van der Waals surface area (Å²) < 4.78 is 18.3. The van der Waals surface area contributed by atoms with Gasteiger partial charge in [0.2, 0.25) is 5.88 Å². The minimum atomic E-state index is 0.244. The van der Waals surface area contributed by atoms with E-state index in [4.69, 9.17) is 37.4 Å². The number of benzene rings is 2. The maximum absolute atomic E-state index is 6.25. The van der Waals surface area contributed by atoms with Gasteiger partial charge in [0.25, 0.3) is 0 Å². The van der Waals surface area contributed by atoms with Crippen LogP contribution >= 0.6 is 39.1 Å². The van der Waals surface area contributed by atoms with Crippen molar-refractivity contribution in [3.63, 3.8) is 0 Å². The van der Waals surface area contributed by atoms with E-state index >= 15 is 0 Å². The molecule has 0 spiro atoms. The van der Waals surface area contributed by atoms with Crippen LogP contribution in [-0.4, -0.2) is 24.7 Å². The summed E-state index contributed by atoms with van der Waals surface area (Å²) >= 11 is 16.1. The lowest BCUT2D eigenvalue weighted by Crippen LogP contribution is -2.21. The van der Waals surface area contributed by atoms with Gasteiger partial charge in [0.15, 0.2) is 11.5 Å². The van der Waals surface area contributed by atoms with Gasteiger partial charge in [-0.25, -0.2) is 4.98 Å². The van der Waals surface area contributed by atoms with E-state index in [0.717, 1.165) is 15.6 Å². The zero-order chi connectivity index (χ0) is 22.1. The third-order valence-corrected chi connectivity index (χ3v) is 5.77. The Hall–Kier alpha value is -1.99. The minimum Gasteiger partial charge on any atom is -0.490 e. The van der Waals surface area contributed by atoms with Crippen molar-refractivity contribution in [3.05, 3.63) is 80.4 Å². The van der Waals surface area contributed by atoms with Gasteiger partial charge in [0.05, 0.1) is 6.61 Å². The molecule has 0 fully saturated rings. The van der Waals surface area contributed by atoms with Crippen LogP contribution < -0.4 is 19.5 Å². The van der Waals surface area contributed by atoms with Crippen molar-refractivity contribution < 1.29 is 14.2 Å². The summed E-state index contributed by atoms with van der Waals surface area (Å²) in [6.45, 7) is 4.54. The van der Waals surface area contributed by atoms with E-state index in [-0.39, 0.29) is 6.61 Å². The van der Waals surface area contributed by atoms with Gasteiger partial charge in [0, 0.05) is 45.4 Å². The smallest absolute Gasteiger partial charge is 0.213 e. The van der Waals surface area contributed by atoms with Crippen LogP contribution in [0.15, 0.2) is 59.2 Å². The highest BCUT2D eigenvalue weighted by Crippen LogP contribution is 2.35. The van der Waals surface area contributed by atoms with Crippen LogP contribution in [0.4, 0.5) is 0 Å². The number of hydrogen-bond acceptors (Lipinski definition) is 5. The summed E-state index contributed by atoms with van der Waals surface area (Å²) in [6.07, 6.45) is 1.71. The second kappa shape index (κ2) is 12.2. The van der Waals surface area contributed by atoms with Crippen LogP contribution in [-0.2, 0) is 13.2 Å². The Morgan fingerprint density at radius 1 is 0.968 bits per heavy atom. The first-order chi connectivity index (χ1) is 15.1. The fourth-order valence-corrected chi connectivity index (χ4v) is 3.77. The van der Waals surface area contributed by atoms with E-state index < -0.39 is 0 Å². The van der Waals surface area contributed by atoms with E-state index in [0.29, 0.717) is 53.7 Å². The Balaban J connectivity index is 1.60. The molecule has 0 saturated heterocycles. The highest BCUT2D eigenvalue weighted by molar-refractivity contribution is 9.10. The largest absolute Gasteiger partial charge is 0.490 e. The molecular weight excluding hydrogens is 503 g/mol. The summed E-state index contributed by atoms with van der Waals surface area (Å²) in [6, 6.07) is 14.8. The number of hydrogen-bond donors (Lipinski definition) is 1. The van der Waals surface area contributed by atoms with Crippen molar-refractivity contribution in [2.75, 3.05) is 19.8 Å². The number of ether oxygens (including phenoxy) is 3. The molecule has 3 rings (SSSR count). The van der Waals surface area contributed by atoms with Crippen LogP contribution in [0.1, 0.15) is 18.1 Å². The lowest BCUT2D eigenvalue weighted by molar-refractivity contribution is 0.269. The van der Waals surface area contributed by atoms with E-state index in [1.807, 2.05) is 37.3 Å². The Labute approximate surface area is 200 Å². The highest BCUT2D eigenvalue weighted by atomic mass is 79.9. The van der Waals surface area contributed by atoms with Crippen molar-refractivity contribution in [1.82, 2.24) is 10.3 Å². The van der Waals surface area contributed by atoms with Crippen LogP contribution in [0.5, 0.6) is 17.4 Å². The lowest BCUT2D eigenvalue weighted by Gasteiger charge is -2.16. The summed E-state index contributed by atoms with van der Waals surface area (Å²) in [5, 5.41) is 4.50. The molecule has 0 aliphatic rings. The Bertz CT molecular complexity index is 970. The zero-order valence-electron chi connectivity index (χ0n) is 17.0. The summed E-state index contributed by atoms with van der Waals surface area (Å²) in [5.41, 5.74) is 1.78. The number of nitrogens with zero attached hydrogens (tertiary/aromatic N) is 1. The fourth-order valence-electron chi connectivity index (χ4n) is 2.80. The second-order valence-corrected chi connectivity index (χ2v) is 8.17. The first-order valence-electron chi connectivity index (χ1n) is 9.84. The molecule has 0 amide bonds. The molecule has 5 nitrogen and oxygen atoms in total. The Kier molecular flexibility index (Phi) is 9.28. The standard InChI is InChI=1S/C23H23BrCl2N2O3/c1-2-29-21-12-16(14-27-10-11-30-23-8-3-4-9-28-23)18(24)13-22(21)31-15-17-19(25)6-5-7-20(17)26/h3-9,12-13,27H,2,10-11,14-15H2,1H3. The molecule has 0 unspecified atom stereocenters. The molecule has 1 aromatic heterocycles. The topological polar surface area (TPSA) is 52.6 Å². The van der Waals surface area contributed by atoms with Crippen molar-refractivity contribution in [2.24, 2.45) is 0 Å². The maximum Gasteiger partial charge on any atom is 0.213 e. The van der Waals surface area contributed by atoms with Gasteiger partial charge < -0.3 is 19.5 Å². The number of halogens is 3. The molecule has 1 heterocycles. The Morgan fingerprint density at radius 2 is 1.74 bits per heavy atom. The molecule has 0 atom stereocenters. The summed E-state index contributed by atoms with van der Waals surface area (Å²) in [5.74, 6) is 1.89. The molecule has 0 aliphatic heterocycles. The molecule has 2 aromatic carbocycles. The predicted octanol–water partition coefficient (Wildman–Crippen LogP) is 6.30. The molecule has 8 heteroatoms. The maximum atomic E-state index is 6.25. The number of nitrogens with one attached hydrogen (secondary N) is 1. The van der Waals surface area contributed by atoms with Crippen molar-refractivity contribution >= 4 is 39.1 Å². The third-order valence-electron chi connectivity index (χ3n) is 4.33. The minimum absolute atomic E-state index is 0.244. The van der Waals surface area contributed by atoms with Gasteiger partial charge in [0.1, 0.15) is 13.2 Å². The third kappa shape index (κ3) is 7.01. The van der Waals surface area contributed by atoms with Crippen LogP contribution in [0, 0.1) is 0 Å². The van der Waals surface area contributed by atoms with E-state index in [2.05, 4.69) is 26.2 Å². The molecule has 1 N–H and O–H groups in total. The lowest BCUT2D eigenvalue weighted by atomic mass is 10.2. The molecular formula is C23H23BrCl2N2O3. The molecule has 164 valence electrons. The SMILES string of the molecule is CCOc1cc(CNCCOc2ccccn2)c(Br)cc1OCc1c(Cl)cccc1Cl. The first-order valence-corrected chi connectivity index (χ1v) is 11.4. The molecule has 3 aromatic rings. The van der Waals surface area contributed by atoms with E-state index in [1.54, 1.807) is 24.4 Å². The molecule has 0 radical (unpaired) electrons. The van der Waals surface area contributed by atoms with E-state index in [1.165, 1.54) is 0 Å². The number of pyridine rings is 1. The molecule has 0 aliphatic carbocycles. The van der Waals surface area contributed by atoms with Crippen LogP contribution in [0.2, 0.25) is 10.0 Å². The van der Waals surface area contributed by atoms with Crippen LogP contribution in [0.25, 0.3) is 0 Å². The monoisotopic (exact) mass is 524 g/mol. The zero-order valence-corrected chi connectivity index (χ0v) is 20.1. The van der Waals surface area contributed by atoms with Gasteiger partial charge in [-0.3, -0.25) is 0 Å². The normalized spacial score (nSPS) is 10.7. The van der Waals surface area contributed by atoms with Crippen molar-refractivity contribution in [3.8, 4) is 17.4 Å². The fraction of sp³-hybridized carbons (Fsp3) is 0.261. The van der Waals surface area contributed by atoms with Gasteiger partial charge in [-0.15, -0.1) is 0 Å². The number of aromatic nitrogens is 1. The number of rotatable bonds is 11. The highest BCUT2D eigenvalue weighted by Gasteiger charge is 2.13. The average Bonchev–Trinajstić information content (AvgIpc) is 2.76. The van der Waals surface area contributed by atoms with Crippen molar-refractivity contribution in [2.45, 2.75) is 20.1 Å². The average molecular weight is 526 g/mol. The van der Waals surface area contributed by atoms with Crippen molar-refractivity contribution in [1.29, 1.82) is 0 Å². The summed E-state index contributed by atoms with van der Waals surface area (Å²) in [4.78, 5) is 4.14. The first kappa shape index (κ1) is 23.7. The predicted molar refractivity (Wildman–Crippen MR) is 128 cm³/mol. The van der Waals surface area contributed by atoms with Gasteiger partial charge in [-0.05, 0) is 42.8 Å². The van der Waals surface area contributed by atoms with Gasteiger partial charge >= 0.3 is 0 Å². The summed E-state index contributed by atoms with van der Waals surface area (Å²) in [7, 11) is 0. The van der Waals surface area contributed by atoms with E-state index in [9.17, 15) is 0 Å². The van der Waals surface area contributed by atoms with Gasteiger partial charge in [-0.1, -0.05) is 51.3 Å². The molecule has 31 heavy (non-hydrogen) atoms. The van der Waals surface area contributed by atoms with Crippen LogP contribution in [0.3, 0.4) is 0 Å². The quantitative estimate of drug-likeness (QED) is 0.298. The Morgan fingerprint density at radius 3 is 2.45 bits per heavy atom. The molecule has 0 saturated carbocycles. The molecule has 0 bridgehead atoms.